The zero-order valence-corrected chi connectivity index (χ0v) is 22.5. The second kappa shape index (κ2) is 11.4. The first kappa shape index (κ1) is 25.3. The van der Waals surface area contributed by atoms with E-state index in [9.17, 15) is 9.18 Å². The van der Waals surface area contributed by atoms with Crippen molar-refractivity contribution >= 4 is 61.3 Å². The maximum Gasteiger partial charge on any atom is 0.258 e. The molecule has 5 rings (SSSR count). The van der Waals surface area contributed by atoms with Gasteiger partial charge in [0.2, 0.25) is 0 Å². The largest absolute Gasteiger partial charge is 0.369 e. The molecular weight excluding hydrogens is 551 g/mol. The van der Waals surface area contributed by atoms with E-state index in [0.717, 1.165) is 58.4 Å². The van der Waals surface area contributed by atoms with Gasteiger partial charge in [0.15, 0.2) is 5.11 Å². The van der Waals surface area contributed by atoms with Crippen molar-refractivity contribution in [2.75, 3.05) is 36.4 Å². The number of hydrogen-bond donors (Lipinski definition) is 2. The Morgan fingerprint density at radius 2 is 1.57 bits per heavy atom. The minimum Gasteiger partial charge on any atom is -0.369 e. The van der Waals surface area contributed by atoms with Crippen LogP contribution in [0.5, 0.6) is 0 Å². The van der Waals surface area contributed by atoms with Crippen molar-refractivity contribution in [2.24, 2.45) is 0 Å². The van der Waals surface area contributed by atoms with Crippen LogP contribution in [0.2, 0.25) is 0 Å². The van der Waals surface area contributed by atoms with Crippen molar-refractivity contribution in [3.05, 3.63) is 106 Å². The number of benzene rings is 4. The van der Waals surface area contributed by atoms with Crippen LogP contribution in [0.25, 0.3) is 10.8 Å². The van der Waals surface area contributed by atoms with Crippen molar-refractivity contribution in [3.8, 4) is 0 Å². The fraction of sp³-hybridized carbons (Fsp3) is 0.172. The van der Waals surface area contributed by atoms with Crippen LogP contribution in [0, 0.1) is 5.82 Å². The second-order valence-electron chi connectivity index (χ2n) is 8.95. The van der Waals surface area contributed by atoms with Gasteiger partial charge in [-0.1, -0.05) is 58.4 Å². The number of piperazine rings is 1. The van der Waals surface area contributed by atoms with Crippen LogP contribution in [-0.2, 0) is 6.54 Å². The fourth-order valence-corrected chi connectivity index (χ4v) is 5.30. The number of rotatable bonds is 5. The van der Waals surface area contributed by atoms with Crippen LogP contribution in [-0.4, -0.2) is 42.1 Å². The highest BCUT2D eigenvalue weighted by Gasteiger charge is 2.18. The monoisotopic (exact) mass is 576 g/mol. The summed E-state index contributed by atoms with van der Waals surface area (Å²) >= 11 is 8.94. The van der Waals surface area contributed by atoms with E-state index in [4.69, 9.17) is 12.2 Å². The number of nitrogens with zero attached hydrogens (tertiary/aromatic N) is 2. The molecule has 188 valence electrons. The molecule has 0 saturated carbocycles. The van der Waals surface area contributed by atoms with Gasteiger partial charge in [-0.3, -0.25) is 15.0 Å². The van der Waals surface area contributed by atoms with Gasteiger partial charge in [0.25, 0.3) is 5.91 Å². The highest BCUT2D eigenvalue weighted by molar-refractivity contribution is 9.10. The zero-order valence-electron chi connectivity index (χ0n) is 20.1. The van der Waals surface area contributed by atoms with Crippen molar-refractivity contribution in [2.45, 2.75) is 6.54 Å². The number of carbonyl (C=O) groups excluding carboxylic acids is 1. The molecule has 5 nitrogen and oxygen atoms in total. The number of hydrogen-bond acceptors (Lipinski definition) is 4. The van der Waals surface area contributed by atoms with Crippen molar-refractivity contribution < 1.29 is 9.18 Å². The molecule has 1 amide bonds. The predicted molar refractivity (Wildman–Crippen MR) is 156 cm³/mol. The smallest absolute Gasteiger partial charge is 0.258 e. The average Bonchev–Trinajstić information content (AvgIpc) is 2.91. The van der Waals surface area contributed by atoms with E-state index in [1.165, 1.54) is 6.07 Å². The molecule has 1 fully saturated rings. The normalized spacial score (nSPS) is 13.9. The predicted octanol–water partition coefficient (Wildman–Crippen LogP) is 6.19. The molecule has 1 aliphatic rings. The van der Waals surface area contributed by atoms with Crippen LogP contribution < -0.4 is 15.5 Å². The Bertz CT molecular complexity index is 1440. The Hall–Kier alpha value is -3.33. The minimum absolute atomic E-state index is 0.146. The van der Waals surface area contributed by atoms with E-state index < -0.39 is 0 Å². The van der Waals surface area contributed by atoms with Crippen LogP contribution in [0.1, 0.15) is 15.9 Å². The minimum atomic E-state index is -0.258. The Labute approximate surface area is 229 Å². The summed E-state index contributed by atoms with van der Waals surface area (Å²) < 4.78 is 14.9. The van der Waals surface area contributed by atoms with Crippen LogP contribution in [0.3, 0.4) is 0 Å². The van der Waals surface area contributed by atoms with E-state index >= 15 is 0 Å². The van der Waals surface area contributed by atoms with Gasteiger partial charge in [0.05, 0.1) is 0 Å². The molecule has 0 aromatic heterocycles. The molecule has 0 bridgehead atoms. The highest BCUT2D eigenvalue weighted by Crippen LogP contribution is 2.26. The van der Waals surface area contributed by atoms with Gasteiger partial charge in [0.1, 0.15) is 5.82 Å². The van der Waals surface area contributed by atoms with Crippen LogP contribution in [0.4, 0.5) is 15.8 Å². The molecule has 0 unspecified atom stereocenters. The molecule has 37 heavy (non-hydrogen) atoms. The maximum atomic E-state index is 14.0. The highest BCUT2D eigenvalue weighted by atomic mass is 79.9. The summed E-state index contributed by atoms with van der Waals surface area (Å²) in [5, 5.41) is 7.96. The first-order valence-electron chi connectivity index (χ1n) is 12.1. The lowest BCUT2D eigenvalue weighted by Gasteiger charge is -2.36. The quantitative estimate of drug-likeness (QED) is 0.277. The van der Waals surface area contributed by atoms with E-state index in [1.807, 2.05) is 66.7 Å². The maximum absolute atomic E-state index is 14.0. The molecule has 1 aliphatic heterocycles. The zero-order chi connectivity index (χ0) is 25.8. The number of fused-ring (bicyclic) bond motifs is 1. The summed E-state index contributed by atoms with van der Waals surface area (Å²) in [5.41, 5.74) is 3.22. The van der Waals surface area contributed by atoms with Crippen LogP contribution in [0.15, 0.2) is 89.4 Å². The number of halogens is 2. The standard InChI is InChI=1S/C29H26BrFN4OS/c30-26-9-4-6-23-24(26)7-3-8-25(23)28(36)33-29(37)32-21-11-13-22(14-12-21)35-17-15-34(16-18-35)19-20-5-1-2-10-27(20)31/h1-14H,15-19H2,(H2,32,33,36,37). The number of nitrogens with one attached hydrogen (secondary N) is 2. The molecule has 1 heterocycles. The van der Waals surface area contributed by atoms with Gasteiger partial charge in [-0.2, -0.15) is 0 Å². The Morgan fingerprint density at radius 3 is 2.32 bits per heavy atom. The SMILES string of the molecule is O=C(NC(=S)Nc1ccc(N2CCN(Cc3ccccc3F)CC2)cc1)c1cccc2c(Br)cccc12. The molecule has 4 aromatic carbocycles. The number of thiocarbonyl (C=S) groups is 1. The summed E-state index contributed by atoms with van der Waals surface area (Å²) in [5.74, 6) is -0.404. The van der Waals surface area contributed by atoms with E-state index in [-0.39, 0.29) is 16.8 Å². The summed E-state index contributed by atoms with van der Waals surface area (Å²) in [6.07, 6.45) is 0. The van der Waals surface area contributed by atoms with Gasteiger partial charge >= 0.3 is 0 Å². The first-order chi connectivity index (χ1) is 18.0. The van der Waals surface area contributed by atoms with Crippen LogP contribution >= 0.6 is 28.1 Å². The van der Waals surface area contributed by atoms with E-state index in [2.05, 4.69) is 36.4 Å². The van der Waals surface area contributed by atoms with Crippen molar-refractivity contribution in [1.29, 1.82) is 0 Å². The average molecular weight is 578 g/mol. The van der Waals surface area contributed by atoms with Crippen molar-refractivity contribution in [3.63, 3.8) is 0 Å². The molecule has 4 aromatic rings. The van der Waals surface area contributed by atoms with Crippen molar-refractivity contribution in [1.82, 2.24) is 10.2 Å². The fourth-order valence-electron chi connectivity index (χ4n) is 4.59. The molecule has 0 aliphatic carbocycles. The second-order valence-corrected chi connectivity index (χ2v) is 10.2. The lowest BCUT2D eigenvalue weighted by Crippen LogP contribution is -2.46. The number of carbonyl (C=O) groups is 1. The lowest BCUT2D eigenvalue weighted by molar-refractivity contribution is 0.0979. The molecular formula is C29H26BrFN4OS. The summed E-state index contributed by atoms with van der Waals surface area (Å²) in [4.78, 5) is 17.5. The Morgan fingerprint density at radius 1 is 0.865 bits per heavy atom. The molecule has 2 N–H and O–H groups in total. The molecule has 0 radical (unpaired) electrons. The molecule has 1 saturated heterocycles. The first-order valence-corrected chi connectivity index (χ1v) is 13.3. The van der Waals surface area contributed by atoms with Gasteiger partial charge < -0.3 is 10.2 Å². The number of anilines is 2. The third-order valence-corrected chi connectivity index (χ3v) is 7.45. The Balaban J connectivity index is 1.15. The lowest BCUT2D eigenvalue weighted by atomic mass is 10.0. The summed E-state index contributed by atoms with van der Waals surface area (Å²) in [6.45, 7) is 4.11. The number of amides is 1. The third kappa shape index (κ3) is 5.98. The molecule has 8 heteroatoms. The van der Waals surface area contributed by atoms with Gasteiger partial charge in [-0.15, -0.1) is 0 Å². The van der Waals surface area contributed by atoms with Gasteiger partial charge in [-0.25, -0.2) is 4.39 Å². The van der Waals surface area contributed by atoms with E-state index in [1.54, 1.807) is 12.1 Å². The molecule has 0 spiro atoms. The van der Waals surface area contributed by atoms with Gasteiger partial charge in [0, 0.05) is 59.7 Å². The van der Waals surface area contributed by atoms with E-state index in [0.29, 0.717) is 12.1 Å². The summed E-state index contributed by atoms with van der Waals surface area (Å²) in [7, 11) is 0. The Kier molecular flexibility index (Phi) is 7.79. The molecule has 0 atom stereocenters. The third-order valence-electron chi connectivity index (χ3n) is 6.55. The summed E-state index contributed by atoms with van der Waals surface area (Å²) in [6, 6.07) is 26.4. The van der Waals surface area contributed by atoms with Gasteiger partial charge in [-0.05, 0) is 65.5 Å². The topological polar surface area (TPSA) is 47.6 Å².